The number of methoxy groups -OCH3 is 6. The fourth-order valence-corrected chi connectivity index (χ4v) is 10.3. The summed E-state index contributed by atoms with van der Waals surface area (Å²) < 4.78 is 58.0. The van der Waals surface area contributed by atoms with E-state index in [1.54, 1.807) is 158 Å². The van der Waals surface area contributed by atoms with Crippen LogP contribution in [0.25, 0.3) is 0 Å². The van der Waals surface area contributed by atoms with Crippen molar-refractivity contribution < 1.29 is 61.5 Å². The number of halogens is 4. The molecular weight excluding hydrogens is 1600 g/mol. The normalized spacial score (nSPS) is 10.1. The lowest BCUT2D eigenvalue weighted by atomic mass is 10.2. The van der Waals surface area contributed by atoms with Gasteiger partial charge in [0.1, 0.15) is 50.4 Å². The van der Waals surface area contributed by atoms with Gasteiger partial charge in [0, 0.05) is 58.5 Å². The van der Waals surface area contributed by atoms with E-state index >= 15 is 0 Å². The molecule has 0 aliphatic heterocycles. The summed E-state index contributed by atoms with van der Waals surface area (Å²) in [5.74, 6) is 4.29. The van der Waals surface area contributed by atoms with Crippen molar-refractivity contribution in [3.8, 4) is 57.8 Å². The van der Waals surface area contributed by atoms with Crippen molar-refractivity contribution in [1.29, 1.82) is 0 Å². The van der Waals surface area contributed by atoms with Crippen molar-refractivity contribution in [3.63, 3.8) is 0 Å². The number of carbonyl (C=O) groups excluding carboxylic acids is 4. The van der Waals surface area contributed by atoms with E-state index in [1.165, 1.54) is 36.7 Å². The van der Waals surface area contributed by atoms with Crippen LogP contribution in [0.5, 0.6) is 57.8 Å². The number of hydrogen-bond acceptors (Lipinski definition) is 26. The maximum Gasteiger partial charge on any atom is 0.260 e. The first-order valence-corrected chi connectivity index (χ1v) is 35.7. The monoisotopic (exact) mass is 1670 g/mol. The molecule has 0 saturated heterocycles. The summed E-state index contributed by atoms with van der Waals surface area (Å²) in [4.78, 5) is 79.8. The summed E-state index contributed by atoms with van der Waals surface area (Å²) in [7, 11) is 9.40. The van der Waals surface area contributed by atoms with E-state index in [1.807, 2.05) is 66.7 Å². The molecule has 10 N–H and O–H groups in total. The van der Waals surface area contributed by atoms with E-state index in [0.717, 1.165) is 23.6 Å². The summed E-state index contributed by atoms with van der Waals surface area (Å²) in [6.45, 7) is 13.7. The second-order valence-corrected chi connectivity index (χ2v) is 24.6. The molecule has 592 valence electrons. The highest BCUT2D eigenvalue weighted by molar-refractivity contribution is 9.10. The maximum absolute atomic E-state index is 14.1. The third kappa shape index (κ3) is 25.3. The average molecular weight is 1670 g/mol. The van der Waals surface area contributed by atoms with Crippen molar-refractivity contribution >= 4 is 155 Å². The summed E-state index contributed by atoms with van der Waals surface area (Å²) in [6.07, 6.45) is 10.3. The van der Waals surface area contributed by atoms with Gasteiger partial charge in [-0.05, 0) is 149 Å². The molecule has 0 atom stereocenters. The van der Waals surface area contributed by atoms with Crippen LogP contribution in [0.2, 0.25) is 10.0 Å². The number of ether oxygens (including phenoxy) is 8. The predicted octanol–water partition coefficient (Wildman–Crippen LogP) is 18.7. The smallest absolute Gasteiger partial charge is 0.260 e. The molecule has 0 fully saturated rings. The Labute approximate surface area is 683 Å². The molecule has 0 unspecified atom stereocenters. The van der Waals surface area contributed by atoms with Crippen LogP contribution in [0.15, 0.2) is 262 Å². The maximum atomic E-state index is 14.1. The second kappa shape index (κ2) is 43.1. The van der Waals surface area contributed by atoms with Crippen molar-refractivity contribution in [2.24, 2.45) is 0 Å². The molecule has 0 spiro atoms. The first-order chi connectivity index (χ1) is 56.2. The predicted molar refractivity (Wildman–Crippen MR) is 452 cm³/mol. The van der Waals surface area contributed by atoms with E-state index in [9.17, 15) is 23.6 Å². The fourth-order valence-electron chi connectivity index (χ4n) is 9.76. The highest BCUT2D eigenvalue weighted by atomic mass is 79.9. The van der Waals surface area contributed by atoms with E-state index in [2.05, 4.69) is 135 Å². The number of aromatic nitrogens is 8. The zero-order valence-corrected chi connectivity index (χ0v) is 65.9. The van der Waals surface area contributed by atoms with E-state index in [0.29, 0.717) is 125 Å². The molecule has 116 heavy (non-hydrogen) atoms. The van der Waals surface area contributed by atoms with Crippen molar-refractivity contribution in [2.45, 2.75) is 0 Å². The molecule has 0 radical (unpaired) electrons. The van der Waals surface area contributed by atoms with E-state index in [4.69, 9.17) is 61.1 Å². The number of amides is 4. The van der Waals surface area contributed by atoms with Crippen LogP contribution < -0.4 is 91.1 Å². The summed E-state index contributed by atoms with van der Waals surface area (Å²) in [5, 5.41) is 29.9. The van der Waals surface area contributed by atoms with Gasteiger partial charge in [-0.15, -0.1) is 0 Å². The Balaban J connectivity index is 0.000000177. The zero-order chi connectivity index (χ0) is 82.9. The van der Waals surface area contributed by atoms with Crippen LogP contribution in [-0.2, 0) is 19.2 Å². The molecular formula is C82H74BrCl2FN18O12. The van der Waals surface area contributed by atoms with Crippen LogP contribution in [0.3, 0.4) is 0 Å². The van der Waals surface area contributed by atoms with Gasteiger partial charge in [-0.1, -0.05) is 104 Å². The molecule has 34 heteroatoms. The Hall–Kier alpha value is -14.9. The molecule has 0 aliphatic carbocycles. The molecule has 0 saturated carbocycles. The molecule has 12 aromatic rings. The fraction of sp³-hybridized carbons (Fsp3) is 0.0732. The highest BCUT2D eigenvalue weighted by Gasteiger charge is 2.18. The molecule has 4 aromatic heterocycles. The number of rotatable bonds is 30. The quantitative estimate of drug-likeness (QED) is 0.0187. The summed E-state index contributed by atoms with van der Waals surface area (Å²) in [5.41, 5.74) is 6.37. The van der Waals surface area contributed by atoms with Crippen molar-refractivity contribution in [1.82, 2.24) is 39.9 Å². The summed E-state index contributed by atoms with van der Waals surface area (Å²) >= 11 is 15.9. The van der Waals surface area contributed by atoms with Crippen molar-refractivity contribution in [3.05, 3.63) is 278 Å². The Morgan fingerprint density at radius 3 is 1.25 bits per heavy atom. The molecule has 30 nitrogen and oxygen atoms in total. The lowest BCUT2D eigenvalue weighted by Gasteiger charge is -2.14. The molecule has 8 aromatic carbocycles. The molecule has 4 heterocycles. The van der Waals surface area contributed by atoms with Crippen LogP contribution in [0.4, 0.5) is 96.7 Å². The lowest BCUT2D eigenvalue weighted by Crippen LogP contribution is -2.07. The number of nitrogens with zero attached hydrogens (tertiary/aromatic N) is 8. The molecule has 0 aliphatic rings. The first-order valence-electron chi connectivity index (χ1n) is 34.1. The van der Waals surface area contributed by atoms with E-state index in [-0.39, 0.29) is 52.3 Å². The number of carbonyl (C=O) groups is 4. The minimum Gasteiger partial charge on any atom is -0.497 e. The van der Waals surface area contributed by atoms with Crippen LogP contribution in [0, 0.1) is 5.82 Å². The largest absolute Gasteiger partial charge is 0.497 e. The summed E-state index contributed by atoms with van der Waals surface area (Å²) in [6, 6.07) is 53.1. The number of anilines is 16. The first kappa shape index (κ1) is 85.1. The minimum atomic E-state index is -0.730. The van der Waals surface area contributed by atoms with Crippen LogP contribution in [0.1, 0.15) is 0 Å². The Morgan fingerprint density at radius 2 is 0.750 bits per heavy atom. The average Bonchev–Trinajstić information content (AvgIpc) is 0.835. The van der Waals surface area contributed by atoms with Gasteiger partial charge in [-0.2, -0.15) is 24.3 Å². The van der Waals surface area contributed by atoms with Gasteiger partial charge in [0.25, 0.3) is 5.88 Å². The highest BCUT2D eigenvalue weighted by Crippen LogP contribution is 2.39. The van der Waals surface area contributed by atoms with Gasteiger partial charge in [-0.25, -0.2) is 19.9 Å². The second-order valence-electron chi connectivity index (χ2n) is 22.9. The number of hydrogen-bond donors (Lipinski definition) is 10. The lowest BCUT2D eigenvalue weighted by molar-refractivity contribution is -0.112. The topological polar surface area (TPSA) is 366 Å². The van der Waals surface area contributed by atoms with Gasteiger partial charge in [-0.3, -0.25) is 19.2 Å². The van der Waals surface area contributed by atoms with E-state index < -0.39 is 5.82 Å². The van der Waals surface area contributed by atoms with Gasteiger partial charge in [0.15, 0.2) is 17.3 Å². The zero-order valence-electron chi connectivity index (χ0n) is 62.8. The van der Waals surface area contributed by atoms with Crippen molar-refractivity contribution in [2.75, 3.05) is 95.8 Å². The Kier molecular flexibility index (Phi) is 31.6. The Morgan fingerprint density at radius 1 is 0.362 bits per heavy atom. The molecule has 4 amide bonds. The van der Waals surface area contributed by atoms with Gasteiger partial charge in [0.05, 0.1) is 88.5 Å². The minimum absolute atomic E-state index is 0.136. The van der Waals surface area contributed by atoms with Gasteiger partial charge >= 0.3 is 0 Å². The Bertz CT molecular complexity index is 5340. The SMILES string of the molecule is C=CC(=O)Nc1cccc(Nc2nc(Nc3ccc(OC)cc3OC)ncc2Br)c1.C=CC(=O)Nc1cccc(Nc2nc(Nc3ccccc3OC)ncc2Cl)c1.C=CC(=O)Nc1cccc(Oc2nc(Nc3cccc(OC)c3OC)ncc2Cl)c1.C=CC(=O)Nc1cccc(Oc2nc(Nc3ccccc3OC)ncc2F)c1. The number of para-hydroxylation sites is 5. The standard InChI is InChI=1S/C21H20BrN5O3.C21H19ClN4O4.C20H18ClN5O2.C20H17FN4O3/c1-4-19(28)24-13-6-5-7-14(10-13)25-20-16(22)12-23-21(27-20)26-17-9-8-15(29-2)11-18(17)30-3;1-4-18(27)24-13-7-5-8-14(11-13)30-20-15(22)12-23-21(26-20)25-16-9-6-10-17(28-2)19(16)29-3;1-3-18(27)23-13-7-6-8-14(11-13)24-19-15(21)12-22-20(26-19)25-16-9-4-5-10-17(16)28-2;1-3-18(26)23-13-7-6-8-14(11-13)28-19-15(21)12-22-20(25-19)24-16-9-4-5-10-17(16)27-2/h4-12H,1H2,2-3H3,(H,24,28)(H2,23,25,26,27);4-12H,1H2,2-3H3,(H,24,27)(H,23,25,26);3-12H,1H2,2H3,(H,23,27)(H2,22,24,25,26);3-12H,1H2,2H3,(H,23,26)(H,22,24,25). The van der Waals surface area contributed by atoms with Crippen LogP contribution in [-0.4, -0.2) is 106 Å². The molecule has 0 bridgehead atoms. The third-order valence-corrected chi connectivity index (χ3v) is 16.2. The number of benzene rings is 8. The van der Waals surface area contributed by atoms with Gasteiger partial charge < -0.3 is 91.1 Å². The van der Waals surface area contributed by atoms with Gasteiger partial charge in [0.2, 0.25) is 59.1 Å². The number of nitrogens with one attached hydrogen (secondary N) is 10. The molecule has 12 rings (SSSR count). The van der Waals surface area contributed by atoms with Crippen LogP contribution >= 0.6 is 39.1 Å². The third-order valence-electron chi connectivity index (χ3n) is 15.1.